The smallest absolute Gasteiger partial charge is 0.316 e. The van der Waals surface area contributed by atoms with Gasteiger partial charge in [-0.3, -0.25) is 0 Å². The number of rotatable bonds is 3. The molecule has 1 unspecified atom stereocenters. The van der Waals surface area contributed by atoms with E-state index in [9.17, 15) is 13.2 Å². The molecule has 1 nitrogen and oxygen atoms in total. The van der Waals surface area contributed by atoms with Crippen molar-refractivity contribution < 1.29 is 13.2 Å². The van der Waals surface area contributed by atoms with Gasteiger partial charge in [0.05, 0.1) is 5.56 Å². The van der Waals surface area contributed by atoms with E-state index in [0.717, 1.165) is 42.3 Å². The second-order valence-corrected chi connectivity index (χ2v) is 5.29. The molecule has 1 aromatic carbocycles. The van der Waals surface area contributed by atoms with Gasteiger partial charge in [0.2, 0.25) is 0 Å². The number of halogens is 3. The largest absolute Gasteiger partial charge is 0.416 e. The Morgan fingerprint density at radius 3 is 2.47 bits per heavy atom. The SMILES string of the molecule is FC(F)(F)c1ccc(SCC2CCNC2)cc1. The first-order chi connectivity index (χ1) is 8.05. The molecule has 1 fully saturated rings. The molecule has 0 saturated carbocycles. The molecule has 0 aromatic heterocycles. The highest BCUT2D eigenvalue weighted by Gasteiger charge is 2.29. The van der Waals surface area contributed by atoms with Crippen molar-refractivity contribution in [2.24, 2.45) is 5.92 Å². The Labute approximate surface area is 103 Å². The summed E-state index contributed by atoms with van der Waals surface area (Å²) >= 11 is 1.63. The zero-order valence-electron chi connectivity index (χ0n) is 9.26. The van der Waals surface area contributed by atoms with Crippen LogP contribution in [-0.2, 0) is 6.18 Å². The van der Waals surface area contributed by atoms with Crippen molar-refractivity contribution in [2.75, 3.05) is 18.8 Å². The van der Waals surface area contributed by atoms with E-state index in [1.807, 2.05) is 0 Å². The molecule has 1 aromatic rings. The first kappa shape index (κ1) is 12.8. The molecule has 1 saturated heterocycles. The van der Waals surface area contributed by atoms with Gasteiger partial charge in [-0.1, -0.05) is 0 Å². The van der Waals surface area contributed by atoms with E-state index in [4.69, 9.17) is 0 Å². The van der Waals surface area contributed by atoms with Crippen LogP contribution >= 0.6 is 11.8 Å². The zero-order chi connectivity index (χ0) is 12.3. The maximum Gasteiger partial charge on any atom is 0.416 e. The van der Waals surface area contributed by atoms with E-state index >= 15 is 0 Å². The van der Waals surface area contributed by atoms with Crippen molar-refractivity contribution in [3.05, 3.63) is 29.8 Å². The third kappa shape index (κ3) is 3.64. The van der Waals surface area contributed by atoms with E-state index in [2.05, 4.69) is 5.32 Å². The van der Waals surface area contributed by atoms with Crippen molar-refractivity contribution in [3.63, 3.8) is 0 Å². The third-order valence-electron chi connectivity index (χ3n) is 2.83. The van der Waals surface area contributed by atoms with Crippen LogP contribution in [0.1, 0.15) is 12.0 Å². The second-order valence-electron chi connectivity index (χ2n) is 4.19. The Hall–Kier alpha value is -0.680. The van der Waals surface area contributed by atoms with Crippen LogP contribution in [0.3, 0.4) is 0 Å². The average Bonchev–Trinajstić information content (AvgIpc) is 2.78. The highest BCUT2D eigenvalue weighted by atomic mass is 32.2. The summed E-state index contributed by atoms with van der Waals surface area (Å²) in [6, 6.07) is 5.40. The van der Waals surface area contributed by atoms with Gasteiger partial charge >= 0.3 is 6.18 Å². The van der Waals surface area contributed by atoms with Crippen LogP contribution in [0, 0.1) is 5.92 Å². The third-order valence-corrected chi connectivity index (χ3v) is 4.07. The fourth-order valence-electron chi connectivity index (χ4n) is 1.81. The molecular formula is C12H14F3NS. The molecule has 1 N–H and O–H groups in total. The summed E-state index contributed by atoms with van der Waals surface area (Å²) < 4.78 is 37.0. The van der Waals surface area contributed by atoms with Gasteiger partial charge in [-0.25, -0.2) is 0 Å². The Bertz CT molecular complexity index is 355. The van der Waals surface area contributed by atoms with Gasteiger partial charge in [0, 0.05) is 10.6 Å². The highest BCUT2D eigenvalue weighted by molar-refractivity contribution is 7.99. The lowest BCUT2D eigenvalue weighted by molar-refractivity contribution is -0.137. The van der Waals surface area contributed by atoms with Gasteiger partial charge in [-0.05, 0) is 49.7 Å². The molecule has 1 aliphatic rings. The lowest BCUT2D eigenvalue weighted by Gasteiger charge is -2.09. The lowest BCUT2D eigenvalue weighted by atomic mass is 10.2. The summed E-state index contributed by atoms with van der Waals surface area (Å²) in [5.74, 6) is 1.61. The van der Waals surface area contributed by atoms with Crippen LogP contribution in [0.4, 0.5) is 13.2 Å². The van der Waals surface area contributed by atoms with Crippen LogP contribution in [0.15, 0.2) is 29.2 Å². The normalized spacial score (nSPS) is 20.8. The number of hydrogen-bond donors (Lipinski definition) is 1. The Kier molecular flexibility index (Phi) is 3.99. The molecule has 1 heterocycles. The van der Waals surface area contributed by atoms with Gasteiger partial charge in [0.15, 0.2) is 0 Å². The lowest BCUT2D eigenvalue weighted by Crippen LogP contribution is -2.10. The number of nitrogens with one attached hydrogen (secondary N) is 1. The van der Waals surface area contributed by atoms with E-state index in [1.165, 1.54) is 0 Å². The average molecular weight is 261 g/mol. The highest BCUT2D eigenvalue weighted by Crippen LogP contribution is 2.31. The van der Waals surface area contributed by atoms with Gasteiger partial charge in [-0.2, -0.15) is 13.2 Å². The minimum Gasteiger partial charge on any atom is -0.316 e. The van der Waals surface area contributed by atoms with Crippen molar-refractivity contribution in [3.8, 4) is 0 Å². The van der Waals surface area contributed by atoms with Gasteiger partial charge in [0.25, 0.3) is 0 Å². The Morgan fingerprint density at radius 2 is 1.94 bits per heavy atom. The van der Waals surface area contributed by atoms with Crippen molar-refractivity contribution in [1.82, 2.24) is 5.32 Å². The molecule has 0 aliphatic carbocycles. The van der Waals surface area contributed by atoms with Crippen LogP contribution in [-0.4, -0.2) is 18.8 Å². The molecule has 5 heteroatoms. The topological polar surface area (TPSA) is 12.0 Å². The summed E-state index contributed by atoms with van der Waals surface area (Å²) in [7, 11) is 0. The van der Waals surface area contributed by atoms with Crippen LogP contribution < -0.4 is 5.32 Å². The summed E-state index contributed by atoms with van der Waals surface area (Å²) in [6.45, 7) is 2.08. The fraction of sp³-hybridized carbons (Fsp3) is 0.500. The maximum absolute atomic E-state index is 12.3. The van der Waals surface area contributed by atoms with Crippen molar-refractivity contribution in [1.29, 1.82) is 0 Å². The number of thioether (sulfide) groups is 1. The molecule has 94 valence electrons. The molecule has 17 heavy (non-hydrogen) atoms. The maximum atomic E-state index is 12.3. The van der Waals surface area contributed by atoms with E-state index in [-0.39, 0.29) is 0 Å². The molecule has 1 atom stereocenters. The minimum absolute atomic E-state index is 0.579. The van der Waals surface area contributed by atoms with Crippen molar-refractivity contribution in [2.45, 2.75) is 17.5 Å². The molecule has 0 spiro atoms. The zero-order valence-corrected chi connectivity index (χ0v) is 10.1. The predicted octanol–water partition coefficient (Wildman–Crippen LogP) is 3.41. The Morgan fingerprint density at radius 1 is 1.24 bits per heavy atom. The van der Waals surface area contributed by atoms with Crippen LogP contribution in [0.25, 0.3) is 0 Å². The van der Waals surface area contributed by atoms with Gasteiger partial charge < -0.3 is 5.32 Å². The predicted molar refractivity (Wildman–Crippen MR) is 63.1 cm³/mol. The second kappa shape index (κ2) is 5.31. The first-order valence-corrected chi connectivity index (χ1v) is 6.55. The van der Waals surface area contributed by atoms with E-state index in [1.54, 1.807) is 23.9 Å². The molecule has 0 amide bonds. The molecule has 1 aliphatic heterocycles. The quantitative estimate of drug-likeness (QED) is 0.837. The minimum atomic E-state index is -4.24. The fourth-order valence-corrected chi connectivity index (χ4v) is 2.85. The number of benzene rings is 1. The molecular weight excluding hydrogens is 247 g/mol. The summed E-state index contributed by atoms with van der Waals surface area (Å²) in [6.07, 6.45) is -3.08. The van der Waals surface area contributed by atoms with E-state index in [0.29, 0.717) is 5.92 Å². The first-order valence-electron chi connectivity index (χ1n) is 5.56. The number of alkyl halides is 3. The standard InChI is InChI=1S/C12H14F3NS/c13-12(14,15)10-1-3-11(4-2-10)17-8-9-5-6-16-7-9/h1-4,9,16H,5-8H2. The summed E-state index contributed by atoms with van der Waals surface area (Å²) in [4.78, 5) is 0.907. The Balaban J connectivity index is 1.89. The van der Waals surface area contributed by atoms with Gasteiger partial charge in [-0.15, -0.1) is 11.8 Å². The summed E-state index contributed by atoms with van der Waals surface area (Å²) in [5.41, 5.74) is -0.579. The van der Waals surface area contributed by atoms with Crippen molar-refractivity contribution >= 4 is 11.8 Å². The van der Waals surface area contributed by atoms with E-state index < -0.39 is 11.7 Å². The molecule has 0 radical (unpaired) electrons. The van der Waals surface area contributed by atoms with Crippen LogP contribution in [0.5, 0.6) is 0 Å². The number of hydrogen-bond acceptors (Lipinski definition) is 2. The summed E-state index contributed by atoms with van der Waals surface area (Å²) in [5, 5.41) is 3.28. The van der Waals surface area contributed by atoms with Crippen LogP contribution in [0.2, 0.25) is 0 Å². The molecule has 0 bridgehead atoms. The van der Waals surface area contributed by atoms with Gasteiger partial charge in [0.1, 0.15) is 0 Å². The monoisotopic (exact) mass is 261 g/mol. The molecule has 2 rings (SSSR count).